The number of hydroxylamine groups is 2. The normalized spacial score (nSPS) is 24.7. The van der Waals surface area contributed by atoms with Crippen molar-refractivity contribution in [3.8, 4) is 11.5 Å². The molecule has 0 N–H and O–H groups in total. The number of piperidine rings is 1. The Labute approximate surface area is 134 Å². The first-order valence-electron chi connectivity index (χ1n) is 8.22. The number of alkyl halides is 3. The van der Waals surface area contributed by atoms with E-state index in [1.165, 1.54) is 25.3 Å². The molecule has 1 aromatic carbocycles. The summed E-state index contributed by atoms with van der Waals surface area (Å²) in [5, 5.41) is 1.88. The predicted molar refractivity (Wildman–Crippen MR) is 80.3 cm³/mol. The second-order valence-electron chi connectivity index (χ2n) is 6.49. The highest BCUT2D eigenvalue weighted by Crippen LogP contribution is 2.39. The number of rotatable bonds is 5. The van der Waals surface area contributed by atoms with Gasteiger partial charge in [-0.25, -0.2) is 0 Å². The lowest BCUT2D eigenvalue weighted by molar-refractivity contribution is -0.137. The molecule has 6 heteroatoms. The average molecular weight is 329 g/mol. The van der Waals surface area contributed by atoms with Crippen molar-refractivity contribution in [1.82, 2.24) is 5.06 Å². The summed E-state index contributed by atoms with van der Waals surface area (Å²) < 4.78 is 44.1. The minimum Gasteiger partial charge on any atom is -0.490 e. The summed E-state index contributed by atoms with van der Waals surface area (Å²) in [6.07, 6.45) is 0.0240. The van der Waals surface area contributed by atoms with Gasteiger partial charge in [-0.2, -0.15) is 13.2 Å². The quantitative estimate of drug-likeness (QED) is 0.793. The Morgan fingerprint density at radius 3 is 2.43 bits per heavy atom. The van der Waals surface area contributed by atoms with Crippen LogP contribution in [-0.4, -0.2) is 24.8 Å². The number of ether oxygens (including phenoxy) is 1. The molecular formula is C17H22F3NO2. The Morgan fingerprint density at radius 2 is 1.83 bits per heavy atom. The third-order valence-corrected chi connectivity index (χ3v) is 4.53. The first-order valence-corrected chi connectivity index (χ1v) is 8.22. The first kappa shape index (κ1) is 16.4. The topological polar surface area (TPSA) is 21.7 Å². The van der Waals surface area contributed by atoms with Crippen molar-refractivity contribution in [2.75, 3.05) is 19.7 Å². The zero-order valence-corrected chi connectivity index (χ0v) is 13.2. The van der Waals surface area contributed by atoms with Crippen LogP contribution < -0.4 is 9.57 Å². The van der Waals surface area contributed by atoms with Gasteiger partial charge in [0.1, 0.15) is 0 Å². The molecule has 0 aromatic heterocycles. The van der Waals surface area contributed by atoms with Gasteiger partial charge in [0.25, 0.3) is 0 Å². The van der Waals surface area contributed by atoms with E-state index in [9.17, 15) is 13.2 Å². The molecule has 2 unspecified atom stereocenters. The van der Waals surface area contributed by atoms with Crippen LogP contribution in [0.4, 0.5) is 13.2 Å². The van der Waals surface area contributed by atoms with Crippen molar-refractivity contribution in [2.45, 2.75) is 38.8 Å². The number of hydrogen-bond acceptors (Lipinski definition) is 3. The molecule has 128 valence electrons. The summed E-state index contributed by atoms with van der Waals surface area (Å²) in [6, 6.07) is 3.45. The highest BCUT2D eigenvalue weighted by atomic mass is 19.4. The maximum atomic E-state index is 12.9. The van der Waals surface area contributed by atoms with E-state index in [0.29, 0.717) is 24.2 Å². The van der Waals surface area contributed by atoms with E-state index in [-0.39, 0.29) is 5.75 Å². The Morgan fingerprint density at radius 1 is 1.13 bits per heavy atom. The van der Waals surface area contributed by atoms with Crippen LogP contribution in [0.2, 0.25) is 0 Å². The third kappa shape index (κ3) is 3.91. The van der Waals surface area contributed by atoms with Gasteiger partial charge in [-0.15, -0.1) is 5.06 Å². The van der Waals surface area contributed by atoms with Gasteiger partial charge in [0.15, 0.2) is 11.5 Å². The molecule has 2 fully saturated rings. The van der Waals surface area contributed by atoms with Gasteiger partial charge >= 0.3 is 6.18 Å². The number of nitrogens with zero attached hydrogens (tertiary/aromatic N) is 1. The summed E-state index contributed by atoms with van der Waals surface area (Å²) in [6.45, 7) is 3.95. The van der Waals surface area contributed by atoms with Crippen LogP contribution in [0.3, 0.4) is 0 Å². The SMILES string of the molecule is CCCOc1cc(C(F)(F)F)ccc1ON1CC2CCC(C2)C1. The molecule has 0 amide bonds. The van der Waals surface area contributed by atoms with Gasteiger partial charge in [-0.3, -0.25) is 0 Å². The van der Waals surface area contributed by atoms with Crippen LogP contribution in [0, 0.1) is 11.8 Å². The summed E-state index contributed by atoms with van der Waals surface area (Å²) in [5.74, 6) is 1.82. The van der Waals surface area contributed by atoms with Crippen LogP contribution in [0.15, 0.2) is 18.2 Å². The van der Waals surface area contributed by atoms with Gasteiger partial charge in [0.05, 0.1) is 12.2 Å². The molecule has 1 aromatic rings. The summed E-state index contributed by atoms with van der Waals surface area (Å²) in [5.41, 5.74) is -0.713. The second kappa shape index (κ2) is 6.59. The Kier molecular flexibility index (Phi) is 4.71. The van der Waals surface area contributed by atoms with E-state index in [1.807, 2.05) is 12.0 Å². The fourth-order valence-electron chi connectivity index (χ4n) is 3.46. The molecule has 3 rings (SSSR count). The monoisotopic (exact) mass is 329 g/mol. The molecule has 1 saturated heterocycles. The molecular weight excluding hydrogens is 307 g/mol. The van der Waals surface area contributed by atoms with Gasteiger partial charge in [0.2, 0.25) is 0 Å². The highest BCUT2D eigenvalue weighted by Gasteiger charge is 2.35. The van der Waals surface area contributed by atoms with E-state index in [1.54, 1.807) is 0 Å². The van der Waals surface area contributed by atoms with Crippen molar-refractivity contribution in [3.05, 3.63) is 23.8 Å². The fourth-order valence-corrected chi connectivity index (χ4v) is 3.46. The minimum absolute atomic E-state index is 0.166. The van der Waals surface area contributed by atoms with Crippen LogP contribution >= 0.6 is 0 Å². The highest BCUT2D eigenvalue weighted by molar-refractivity contribution is 5.43. The maximum absolute atomic E-state index is 12.9. The number of hydrogen-bond donors (Lipinski definition) is 0. The zero-order valence-electron chi connectivity index (χ0n) is 13.2. The Balaban J connectivity index is 1.77. The van der Waals surface area contributed by atoms with Crippen LogP contribution in [0.1, 0.15) is 38.2 Å². The fraction of sp³-hybridized carbons (Fsp3) is 0.647. The van der Waals surface area contributed by atoms with Crippen molar-refractivity contribution in [1.29, 1.82) is 0 Å². The molecule has 2 bridgehead atoms. The van der Waals surface area contributed by atoms with Crippen LogP contribution in [0.5, 0.6) is 11.5 Å². The molecule has 1 aliphatic carbocycles. The van der Waals surface area contributed by atoms with E-state index in [4.69, 9.17) is 9.57 Å². The molecule has 23 heavy (non-hydrogen) atoms. The lowest BCUT2D eigenvalue weighted by Gasteiger charge is -2.31. The van der Waals surface area contributed by atoms with Crippen LogP contribution in [-0.2, 0) is 6.18 Å². The molecule has 2 aliphatic rings. The number of benzene rings is 1. The largest absolute Gasteiger partial charge is 0.490 e. The van der Waals surface area contributed by atoms with Gasteiger partial charge in [-0.1, -0.05) is 6.92 Å². The molecule has 1 heterocycles. The summed E-state index contributed by atoms with van der Waals surface area (Å²) >= 11 is 0. The van der Waals surface area contributed by atoms with Gasteiger partial charge < -0.3 is 9.57 Å². The minimum atomic E-state index is -4.38. The maximum Gasteiger partial charge on any atom is 0.416 e. The zero-order chi connectivity index (χ0) is 16.4. The third-order valence-electron chi connectivity index (χ3n) is 4.53. The van der Waals surface area contributed by atoms with Crippen molar-refractivity contribution >= 4 is 0 Å². The van der Waals surface area contributed by atoms with Crippen LogP contribution in [0.25, 0.3) is 0 Å². The van der Waals surface area contributed by atoms with Crippen molar-refractivity contribution < 1.29 is 22.7 Å². The molecule has 0 spiro atoms. The average Bonchev–Trinajstić information content (AvgIpc) is 2.84. The number of fused-ring (bicyclic) bond motifs is 2. The molecule has 1 saturated carbocycles. The standard InChI is InChI=1S/C17H22F3NO2/c1-2-7-22-16-9-14(17(18,19)20)5-6-15(16)23-21-10-12-3-4-13(8-12)11-21/h5-6,9,12-13H,2-4,7-8,10-11H2,1H3. The molecule has 0 radical (unpaired) electrons. The second-order valence-corrected chi connectivity index (χ2v) is 6.49. The lowest BCUT2D eigenvalue weighted by Crippen LogP contribution is -2.38. The van der Waals surface area contributed by atoms with E-state index in [2.05, 4.69) is 0 Å². The van der Waals surface area contributed by atoms with Gasteiger partial charge in [0, 0.05) is 13.1 Å². The number of halogens is 3. The predicted octanol–water partition coefficient (Wildman–Crippen LogP) is 4.52. The Hall–Kier alpha value is -1.43. The molecule has 2 atom stereocenters. The molecule has 3 nitrogen and oxygen atoms in total. The molecule has 1 aliphatic heterocycles. The van der Waals surface area contributed by atoms with E-state index >= 15 is 0 Å². The van der Waals surface area contributed by atoms with Crippen molar-refractivity contribution in [2.24, 2.45) is 11.8 Å². The van der Waals surface area contributed by atoms with Gasteiger partial charge in [-0.05, 0) is 55.7 Å². The van der Waals surface area contributed by atoms with Crippen molar-refractivity contribution in [3.63, 3.8) is 0 Å². The van der Waals surface area contributed by atoms with E-state index in [0.717, 1.165) is 31.6 Å². The summed E-state index contributed by atoms with van der Waals surface area (Å²) in [7, 11) is 0. The lowest BCUT2D eigenvalue weighted by atomic mass is 10.0. The Bertz CT molecular complexity index is 535. The summed E-state index contributed by atoms with van der Waals surface area (Å²) in [4.78, 5) is 5.87. The smallest absolute Gasteiger partial charge is 0.416 e. The van der Waals surface area contributed by atoms with E-state index < -0.39 is 11.7 Å². The first-order chi connectivity index (χ1) is 11.0.